The number of rotatable bonds is 6. The van der Waals surface area contributed by atoms with Crippen molar-refractivity contribution < 1.29 is 0 Å². The monoisotopic (exact) mass is 268 g/mol. The largest absolute Gasteiger partial charge is 0.393 e. The van der Waals surface area contributed by atoms with Gasteiger partial charge in [0.25, 0.3) is 5.56 Å². The van der Waals surface area contributed by atoms with E-state index < -0.39 is 0 Å². The standard InChI is InChI=1S/C12H20N4OS/c1-9(2)8-16-7-5-14-11(12(16)17)15(3)6-4-10(13)18/h5,7,9H,4,6,8H2,1-3H3,(H2,13,18). The summed E-state index contributed by atoms with van der Waals surface area (Å²) in [5, 5.41) is 0. The summed E-state index contributed by atoms with van der Waals surface area (Å²) in [6, 6.07) is 0. The third-order valence-corrected chi connectivity index (χ3v) is 2.72. The van der Waals surface area contributed by atoms with Gasteiger partial charge in [-0.3, -0.25) is 4.79 Å². The predicted molar refractivity (Wildman–Crippen MR) is 78.0 cm³/mol. The quantitative estimate of drug-likeness (QED) is 0.780. The van der Waals surface area contributed by atoms with Crippen molar-refractivity contribution in [2.75, 3.05) is 18.5 Å². The van der Waals surface area contributed by atoms with Gasteiger partial charge in [-0.1, -0.05) is 26.1 Å². The highest BCUT2D eigenvalue weighted by Gasteiger charge is 2.10. The minimum absolute atomic E-state index is 0.0726. The van der Waals surface area contributed by atoms with Gasteiger partial charge in [-0.05, 0) is 5.92 Å². The SMILES string of the molecule is CC(C)Cn1ccnc(N(C)CCC(N)=S)c1=O. The molecule has 0 aromatic carbocycles. The van der Waals surface area contributed by atoms with Crippen LogP contribution in [-0.2, 0) is 6.54 Å². The molecule has 0 saturated heterocycles. The highest BCUT2D eigenvalue weighted by atomic mass is 32.1. The van der Waals surface area contributed by atoms with Crippen LogP contribution in [0.15, 0.2) is 17.2 Å². The van der Waals surface area contributed by atoms with E-state index in [0.29, 0.717) is 36.2 Å². The van der Waals surface area contributed by atoms with Gasteiger partial charge in [0, 0.05) is 39.0 Å². The minimum Gasteiger partial charge on any atom is -0.393 e. The average Bonchev–Trinajstić information content (AvgIpc) is 2.28. The molecule has 0 fully saturated rings. The van der Waals surface area contributed by atoms with Gasteiger partial charge in [-0.2, -0.15) is 0 Å². The number of hydrogen-bond acceptors (Lipinski definition) is 4. The average molecular weight is 268 g/mol. The van der Waals surface area contributed by atoms with Gasteiger partial charge in [-0.15, -0.1) is 0 Å². The van der Waals surface area contributed by atoms with Crippen LogP contribution in [0.3, 0.4) is 0 Å². The Morgan fingerprint density at radius 3 is 2.83 bits per heavy atom. The van der Waals surface area contributed by atoms with Crippen LogP contribution in [0.2, 0.25) is 0 Å². The molecule has 0 radical (unpaired) electrons. The summed E-state index contributed by atoms with van der Waals surface area (Å²) < 4.78 is 1.68. The zero-order valence-corrected chi connectivity index (χ0v) is 11.9. The van der Waals surface area contributed by atoms with Crippen LogP contribution in [0.4, 0.5) is 5.82 Å². The van der Waals surface area contributed by atoms with E-state index in [1.807, 2.05) is 7.05 Å². The second-order valence-electron chi connectivity index (χ2n) is 4.74. The topological polar surface area (TPSA) is 64.2 Å². The molecule has 0 aliphatic heterocycles. The second kappa shape index (κ2) is 6.49. The summed E-state index contributed by atoms with van der Waals surface area (Å²) in [5.41, 5.74) is 5.38. The fraction of sp³-hybridized carbons (Fsp3) is 0.583. The lowest BCUT2D eigenvalue weighted by Crippen LogP contribution is -2.33. The first-order valence-corrected chi connectivity index (χ1v) is 6.37. The third kappa shape index (κ3) is 4.10. The summed E-state index contributed by atoms with van der Waals surface area (Å²) in [6.07, 6.45) is 3.94. The maximum atomic E-state index is 12.2. The van der Waals surface area contributed by atoms with Crippen LogP contribution in [0, 0.1) is 5.92 Å². The number of hydrogen-bond donors (Lipinski definition) is 1. The second-order valence-corrected chi connectivity index (χ2v) is 5.26. The van der Waals surface area contributed by atoms with Gasteiger partial charge in [-0.25, -0.2) is 4.98 Å². The first-order chi connectivity index (χ1) is 8.41. The van der Waals surface area contributed by atoms with E-state index in [0.717, 1.165) is 0 Å². The Bertz CT molecular complexity index is 469. The predicted octanol–water partition coefficient (Wildman–Crippen LogP) is 1.01. The molecule has 1 aromatic heterocycles. The normalized spacial score (nSPS) is 10.7. The summed E-state index contributed by atoms with van der Waals surface area (Å²) in [5.74, 6) is 0.856. The molecule has 0 aliphatic rings. The molecule has 0 atom stereocenters. The van der Waals surface area contributed by atoms with Crippen molar-refractivity contribution in [3.05, 3.63) is 22.7 Å². The molecular weight excluding hydrogens is 248 g/mol. The highest BCUT2D eigenvalue weighted by Crippen LogP contribution is 2.03. The Morgan fingerprint density at radius 2 is 2.28 bits per heavy atom. The molecule has 0 unspecified atom stereocenters. The molecule has 2 N–H and O–H groups in total. The van der Waals surface area contributed by atoms with E-state index in [4.69, 9.17) is 18.0 Å². The first-order valence-electron chi connectivity index (χ1n) is 5.96. The lowest BCUT2D eigenvalue weighted by atomic mass is 10.2. The molecule has 1 rings (SSSR count). The van der Waals surface area contributed by atoms with Crippen LogP contribution >= 0.6 is 12.2 Å². The fourth-order valence-electron chi connectivity index (χ4n) is 1.62. The van der Waals surface area contributed by atoms with E-state index in [1.165, 1.54) is 0 Å². The summed E-state index contributed by atoms with van der Waals surface area (Å²) in [6.45, 7) is 5.44. The van der Waals surface area contributed by atoms with E-state index in [2.05, 4.69) is 18.8 Å². The highest BCUT2D eigenvalue weighted by molar-refractivity contribution is 7.80. The van der Waals surface area contributed by atoms with Gasteiger partial charge < -0.3 is 15.2 Å². The van der Waals surface area contributed by atoms with Crippen molar-refractivity contribution in [2.24, 2.45) is 11.7 Å². The molecule has 0 amide bonds. The molecule has 0 saturated carbocycles. The first kappa shape index (κ1) is 14.6. The van der Waals surface area contributed by atoms with E-state index in [9.17, 15) is 4.79 Å². The molecule has 6 heteroatoms. The van der Waals surface area contributed by atoms with Crippen molar-refractivity contribution >= 4 is 23.0 Å². The number of nitrogens with two attached hydrogens (primary N) is 1. The Kier molecular flexibility index (Phi) is 5.27. The molecular formula is C12H20N4OS. The van der Waals surface area contributed by atoms with E-state index in [1.54, 1.807) is 21.9 Å². The molecule has 1 aromatic rings. The number of nitrogens with zero attached hydrogens (tertiary/aromatic N) is 3. The van der Waals surface area contributed by atoms with Crippen LogP contribution in [0.5, 0.6) is 0 Å². The fourth-order valence-corrected chi connectivity index (χ4v) is 1.71. The molecule has 0 aliphatic carbocycles. The van der Waals surface area contributed by atoms with Crippen molar-refractivity contribution in [1.29, 1.82) is 0 Å². The molecule has 100 valence electrons. The Balaban J connectivity index is 2.89. The van der Waals surface area contributed by atoms with Crippen LogP contribution < -0.4 is 16.2 Å². The van der Waals surface area contributed by atoms with Crippen LogP contribution in [-0.4, -0.2) is 28.1 Å². The molecule has 18 heavy (non-hydrogen) atoms. The Labute approximate surface area is 113 Å². The maximum Gasteiger partial charge on any atom is 0.293 e. The summed E-state index contributed by atoms with van der Waals surface area (Å²) in [7, 11) is 1.82. The zero-order chi connectivity index (χ0) is 13.7. The Hall–Kier alpha value is -1.43. The van der Waals surface area contributed by atoms with Gasteiger partial charge in [0.05, 0.1) is 4.99 Å². The number of anilines is 1. The number of thiocarbonyl (C=S) groups is 1. The van der Waals surface area contributed by atoms with Crippen LogP contribution in [0.1, 0.15) is 20.3 Å². The lowest BCUT2D eigenvalue weighted by Gasteiger charge is -2.18. The maximum absolute atomic E-state index is 12.2. The minimum atomic E-state index is -0.0726. The Morgan fingerprint density at radius 1 is 1.61 bits per heavy atom. The van der Waals surface area contributed by atoms with Gasteiger partial charge >= 0.3 is 0 Å². The van der Waals surface area contributed by atoms with E-state index in [-0.39, 0.29) is 5.56 Å². The van der Waals surface area contributed by atoms with Crippen molar-refractivity contribution in [3.63, 3.8) is 0 Å². The third-order valence-electron chi connectivity index (χ3n) is 2.51. The lowest BCUT2D eigenvalue weighted by molar-refractivity contribution is 0.508. The van der Waals surface area contributed by atoms with Gasteiger partial charge in [0.2, 0.25) is 0 Å². The van der Waals surface area contributed by atoms with Crippen molar-refractivity contribution in [1.82, 2.24) is 9.55 Å². The number of aromatic nitrogens is 2. The van der Waals surface area contributed by atoms with Crippen molar-refractivity contribution in [3.8, 4) is 0 Å². The van der Waals surface area contributed by atoms with Gasteiger partial charge in [0.15, 0.2) is 5.82 Å². The molecule has 1 heterocycles. The van der Waals surface area contributed by atoms with Crippen molar-refractivity contribution in [2.45, 2.75) is 26.8 Å². The zero-order valence-electron chi connectivity index (χ0n) is 11.1. The van der Waals surface area contributed by atoms with Gasteiger partial charge in [0.1, 0.15) is 0 Å². The molecule has 0 bridgehead atoms. The van der Waals surface area contributed by atoms with E-state index >= 15 is 0 Å². The summed E-state index contributed by atoms with van der Waals surface area (Å²) in [4.78, 5) is 18.6. The van der Waals surface area contributed by atoms with Crippen LogP contribution in [0.25, 0.3) is 0 Å². The smallest absolute Gasteiger partial charge is 0.293 e. The summed E-state index contributed by atoms with van der Waals surface area (Å²) >= 11 is 4.83. The molecule has 5 nitrogen and oxygen atoms in total. The molecule has 0 spiro atoms.